The summed E-state index contributed by atoms with van der Waals surface area (Å²) in [6.07, 6.45) is -4.79. The van der Waals surface area contributed by atoms with Crippen molar-refractivity contribution in [3.8, 4) is 11.5 Å². The molecule has 2 rings (SSSR count). The van der Waals surface area contributed by atoms with Gasteiger partial charge in [0, 0.05) is 31.7 Å². The van der Waals surface area contributed by atoms with E-state index in [1.54, 1.807) is 0 Å². The van der Waals surface area contributed by atoms with E-state index < -0.39 is 18.2 Å². The molecule has 0 radical (unpaired) electrons. The molecule has 1 aromatic carbocycles. The summed E-state index contributed by atoms with van der Waals surface area (Å²) in [6.45, 7) is 2.40. The molecular weight excluding hydrogens is 325 g/mol. The number of nitrogens with zero attached hydrogens (tertiary/aromatic N) is 1. The standard InChI is InChI=1S/C13H17F3N2O3.ClH/c14-13(15,16)21-9-1-2-12(20)10(7-9)11(8-19)18-5-3-17-4-6-18;/h1-2,7,11,17,19-20H,3-6,8H2;1H/t11-;/m0./s1. The zero-order chi connectivity index (χ0) is 15.5. The van der Waals surface area contributed by atoms with Crippen LogP contribution in [-0.2, 0) is 0 Å². The largest absolute Gasteiger partial charge is 0.573 e. The fraction of sp³-hybridized carbons (Fsp3) is 0.538. The van der Waals surface area contributed by atoms with Gasteiger partial charge >= 0.3 is 6.36 Å². The summed E-state index contributed by atoms with van der Waals surface area (Å²) in [4.78, 5) is 1.91. The Hall–Kier alpha value is -1.22. The van der Waals surface area contributed by atoms with Crippen molar-refractivity contribution in [1.29, 1.82) is 0 Å². The Morgan fingerprint density at radius 2 is 1.91 bits per heavy atom. The van der Waals surface area contributed by atoms with E-state index in [0.29, 0.717) is 13.1 Å². The van der Waals surface area contributed by atoms with E-state index in [9.17, 15) is 23.4 Å². The van der Waals surface area contributed by atoms with Crippen LogP contribution in [0, 0.1) is 0 Å². The highest BCUT2D eigenvalue weighted by Crippen LogP contribution is 2.33. The number of phenols is 1. The topological polar surface area (TPSA) is 65.0 Å². The van der Waals surface area contributed by atoms with Gasteiger partial charge in [0.1, 0.15) is 11.5 Å². The maximum atomic E-state index is 12.3. The molecule has 1 aromatic rings. The predicted molar refractivity (Wildman–Crippen MR) is 76.3 cm³/mol. The number of benzene rings is 1. The highest BCUT2D eigenvalue weighted by molar-refractivity contribution is 5.85. The third-order valence-corrected chi connectivity index (χ3v) is 3.36. The zero-order valence-electron chi connectivity index (χ0n) is 11.6. The summed E-state index contributed by atoms with van der Waals surface area (Å²) in [5.74, 6) is -0.578. The molecule has 1 atom stereocenters. The molecule has 0 aromatic heterocycles. The van der Waals surface area contributed by atoms with Gasteiger partial charge in [0.05, 0.1) is 12.6 Å². The first-order valence-corrected chi connectivity index (χ1v) is 6.55. The molecule has 5 nitrogen and oxygen atoms in total. The van der Waals surface area contributed by atoms with Gasteiger partial charge in [-0.3, -0.25) is 4.90 Å². The van der Waals surface area contributed by atoms with E-state index in [2.05, 4.69) is 10.1 Å². The Morgan fingerprint density at radius 3 is 2.45 bits per heavy atom. The van der Waals surface area contributed by atoms with E-state index in [1.807, 2.05) is 4.90 Å². The van der Waals surface area contributed by atoms with Crippen molar-refractivity contribution in [1.82, 2.24) is 10.2 Å². The number of nitrogens with one attached hydrogen (secondary N) is 1. The second-order valence-electron chi connectivity index (χ2n) is 4.75. The molecule has 22 heavy (non-hydrogen) atoms. The van der Waals surface area contributed by atoms with Crippen LogP contribution in [0.3, 0.4) is 0 Å². The summed E-state index contributed by atoms with van der Waals surface area (Å²) in [5.41, 5.74) is 0.223. The number of alkyl halides is 3. The Labute approximate surface area is 132 Å². The molecule has 0 spiro atoms. The molecular formula is C13H18ClF3N2O3. The maximum absolute atomic E-state index is 12.3. The van der Waals surface area contributed by atoms with Crippen LogP contribution >= 0.6 is 12.4 Å². The van der Waals surface area contributed by atoms with Crippen molar-refractivity contribution in [3.05, 3.63) is 23.8 Å². The molecule has 126 valence electrons. The van der Waals surface area contributed by atoms with Crippen LogP contribution < -0.4 is 10.1 Å². The van der Waals surface area contributed by atoms with Crippen molar-refractivity contribution < 1.29 is 28.1 Å². The van der Waals surface area contributed by atoms with Gasteiger partial charge in [0.25, 0.3) is 0 Å². The van der Waals surface area contributed by atoms with Crippen LogP contribution in [-0.4, -0.2) is 54.3 Å². The van der Waals surface area contributed by atoms with Crippen LogP contribution in [0.15, 0.2) is 18.2 Å². The third-order valence-electron chi connectivity index (χ3n) is 3.36. The number of hydrogen-bond donors (Lipinski definition) is 3. The Kier molecular flexibility index (Phi) is 6.73. The van der Waals surface area contributed by atoms with Gasteiger partial charge in [-0.15, -0.1) is 25.6 Å². The van der Waals surface area contributed by atoms with Gasteiger partial charge < -0.3 is 20.3 Å². The summed E-state index contributed by atoms with van der Waals surface area (Å²) < 4.78 is 40.6. The van der Waals surface area contributed by atoms with E-state index in [-0.39, 0.29) is 30.3 Å². The normalized spacial score (nSPS) is 17.6. The molecule has 3 N–H and O–H groups in total. The van der Waals surface area contributed by atoms with Crippen molar-refractivity contribution in [3.63, 3.8) is 0 Å². The fourth-order valence-electron chi connectivity index (χ4n) is 2.40. The second kappa shape index (κ2) is 7.87. The average molecular weight is 343 g/mol. The third kappa shape index (κ3) is 4.91. The molecule has 0 amide bonds. The van der Waals surface area contributed by atoms with Gasteiger partial charge in [-0.1, -0.05) is 0 Å². The minimum absolute atomic E-state index is 0. The van der Waals surface area contributed by atoms with Gasteiger partial charge in [-0.2, -0.15) is 0 Å². The molecule has 1 saturated heterocycles. The summed E-state index contributed by atoms with van der Waals surface area (Å²) in [5, 5.41) is 22.6. The lowest BCUT2D eigenvalue weighted by Crippen LogP contribution is -2.46. The maximum Gasteiger partial charge on any atom is 0.573 e. The Bertz CT molecular complexity index is 482. The molecule has 1 fully saturated rings. The number of ether oxygens (including phenoxy) is 1. The minimum atomic E-state index is -4.79. The molecule has 0 aliphatic carbocycles. The number of halogens is 4. The smallest absolute Gasteiger partial charge is 0.508 e. The lowest BCUT2D eigenvalue weighted by molar-refractivity contribution is -0.274. The van der Waals surface area contributed by atoms with E-state index in [0.717, 1.165) is 31.3 Å². The molecule has 0 bridgehead atoms. The number of aromatic hydroxyl groups is 1. The highest BCUT2D eigenvalue weighted by atomic mass is 35.5. The van der Waals surface area contributed by atoms with Gasteiger partial charge in [-0.05, 0) is 18.2 Å². The van der Waals surface area contributed by atoms with E-state index >= 15 is 0 Å². The van der Waals surface area contributed by atoms with Gasteiger partial charge in [0.2, 0.25) is 0 Å². The first kappa shape index (κ1) is 18.8. The SMILES string of the molecule is Cl.OC[C@@H](c1cc(OC(F)(F)F)ccc1O)N1CCNCC1. The lowest BCUT2D eigenvalue weighted by atomic mass is 10.0. The Balaban J connectivity index is 0.00000242. The van der Waals surface area contributed by atoms with Crippen LogP contribution in [0.1, 0.15) is 11.6 Å². The molecule has 1 aliphatic rings. The summed E-state index contributed by atoms with van der Waals surface area (Å²) in [6, 6.07) is 2.73. The van der Waals surface area contributed by atoms with E-state index in [4.69, 9.17) is 0 Å². The van der Waals surface area contributed by atoms with Crippen LogP contribution in [0.25, 0.3) is 0 Å². The predicted octanol–water partition coefficient (Wildman–Crippen LogP) is 1.65. The zero-order valence-corrected chi connectivity index (χ0v) is 12.5. The van der Waals surface area contributed by atoms with Crippen LogP contribution in [0.2, 0.25) is 0 Å². The second-order valence-corrected chi connectivity index (χ2v) is 4.75. The monoisotopic (exact) mass is 342 g/mol. The molecule has 9 heteroatoms. The van der Waals surface area contributed by atoms with Crippen LogP contribution in [0.4, 0.5) is 13.2 Å². The molecule has 0 saturated carbocycles. The summed E-state index contributed by atoms with van der Waals surface area (Å²) >= 11 is 0. The van der Waals surface area contributed by atoms with Crippen LogP contribution in [0.5, 0.6) is 11.5 Å². The Morgan fingerprint density at radius 1 is 1.27 bits per heavy atom. The van der Waals surface area contributed by atoms with Crippen molar-refractivity contribution in [2.75, 3.05) is 32.8 Å². The van der Waals surface area contributed by atoms with Crippen molar-refractivity contribution in [2.45, 2.75) is 12.4 Å². The van der Waals surface area contributed by atoms with Crippen molar-refractivity contribution in [2.24, 2.45) is 0 Å². The average Bonchev–Trinajstić information content (AvgIpc) is 2.43. The number of phenolic OH excluding ortho intramolecular Hbond substituents is 1. The van der Waals surface area contributed by atoms with Gasteiger partial charge in [0.15, 0.2) is 0 Å². The quantitative estimate of drug-likeness (QED) is 0.776. The number of rotatable bonds is 4. The first-order valence-electron chi connectivity index (χ1n) is 6.55. The highest BCUT2D eigenvalue weighted by Gasteiger charge is 2.32. The number of aliphatic hydroxyl groups is 1. The number of piperazine rings is 1. The van der Waals surface area contributed by atoms with E-state index in [1.165, 1.54) is 0 Å². The number of hydrogen-bond acceptors (Lipinski definition) is 5. The molecule has 0 unspecified atom stereocenters. The molecule has 1 aliphatic heterocycles. The fourth-order valence-corrected chi connectivity index (χ4v) is 2.40. The van der Waals surface area contributed by atoms with Gasteiger partial charge in [-0.25, -0.2) is 0 Å². The number of aliphatic hydroxyl groups excluding tert-OH is 1. The minimum Gasteiger partial charge on any atom is -0.508 e. The lowest BCUT2D eigenvalue weighted by Gasteiger charge is -2.34. The first-order chi connectivity index (χ1) is 9.90. The summed E-state index contributed by atoms with van der Waals surface area (Å²) in [7, 11) is 0. The molecule has 1 heterocycles. The van der Waals surface area contributed by atoms with Crippen molar-refractivity contribution >= 4 is 12.4 Å².